The number of halogens is 2. The number of anilines is 1. The van der Waals surface area contributed by atoms with Crippen molar-refractivity contribution in [3.63, 3.8) is 0 Å². The van der Waals surface area contributed by atoms with E-state index in [9.17, 15) is 4.79 Å². The van der Waals surface area contributed by atoms with Crippen LogP contribution in [0.15, 0.2) is 51.4 Å². The van der Waals surface area contributed by atoms with Gasteiger partial charge in [-0.2, -0.15) is 0 Å². The fourth-order valence-electron chi connectivity index (χ4n) is 2.77. The van der Waals surface area contributed by atoms with E-state index in [0.717, 1.165) is 10.0 Å². The molecule has 0 saturated carbocycles. The lowest BCUT2D eigenvalue weighted by molar-refractivity contribution is 0.102. The molecule has 0 radical (unpaired) electrons. The van der Waals surface area contributed by atoms with Crippen LogP contribution in [0.4, 0.5) is 5.69 Å². The largest absolute Gasteiger partial charge is 0.496 e. The summed E-state index contributed by atoms with van der Waals surface area (Å²) in [5.74, 6) is 1.22. The van der Waals surface area contributed by atoms with E-state index in [1.54, 1.807) is 36.4 Å². The Balaban J connectivity index is 1.86. The van der Waals surface area contributed by atoms with Crippen LogP contribution in [0.5, 0.6) is 5.75 Å². The number of aliphatic hydroxyl groups excluding tert-OH is 1. The number of benzene rings is 2. The topological polar surface area (TPSA) is 71.7 Å². The first-order valence-electron chi connectivity index (χ1n) is 8.08. The summed E-state index contributed by atoms with van der Waals surface area (Å²) < 4.78 is 11.7. The molecule has 3 aromatic rings. The van der Waals surface area contributed by atoms with E-state index in [1.807, 2.05) is 13.0 Å². The van der Waals surface area contributed by atoms with Crippen molar-refractivity contribution in [2.45, 2.75) is 13.5 Å². The molecular formula is C20H17BrClNO4. The highest BCUT2D eigenvalue weighted by atomic mass is 79.9. The molecule has 1 aromatic heterocycles. The lowest BCUT2D eigenvalue weighted by Crippen LogP contribution is -2.14. The number of ether oxygens (including phenoxy) is 1. The second kappa shape index (κ2) is 8.17. The maximum Gasteiger partial charge on any atom is 0.259 e. The maximum atomic E-state index is 12.7. The van der Waals surface area contributed by atoms with E-state index in [-0.39, 0.29) is 12.5 Å². The normalized spacial score (nSPS) is 10.7. The van der Waals surface area contributed by atoms with E-state index >= 15 is 0 Å². The average Bonchev–Trinajstić information content (AvgIpc) is 3.10. The van der Waals surface area contributed by atoms with E-state index in [1.165, 1.54) is 7.11 Å². The van der Waals surface area contributed by atoms with Gasteiger partial charge in [-0.05, 0) is 55.0 Å². The number of rotatable bonds is 5. The smallest absolute Gasteiger partial charge is 0.259 e. The molecule has 27 heavy (non-hydrogen) atoms. The third kappa shape index (κ3) is 4.18. The summed E-state index contributed by atoms with van der Waals surface area (Å²) in [5.41, 5.74) is 2.48. The van der Waals surface area contributed by atoms with E-state index in [2.05, 4.69) is 21.2 Å². The molecule has 0 atom stereocenters. The van der Waals surface area contributed by atoms with Crippen molar-refractivity contribution in [3.05, 3.63) is 68.8 Å². The molecule has 2 N–H and O–H groups in total. The zero-order valence-corrected chi connectivity index (χ0v) is 17.0. The Morgan fingerprint density at radius 1 is 1.26 bits per heavy atom. The van der Waals surface area contributed by atoms with Gasteiger partial charge in [0.2, 0.25) is 0 Å². The summed E-state index contributed by atoms with van der Waals surface area (Å²) in [6.07, 6.45) is 0. The van der Waals surface area contributed by atoms with Gasteiger partial charge in [-0.3, -0.25) is 4.79 Å². The van der Waals surface area contributed by atoms with Crippen molar-refractivity contribution >= 4 is 39.1 Å². The Hall–Kier alpha value is -2.28. The summed E-state index contributed by atoms with van der Waals surface area (Å²) in [7, 11) is 1.53. The standard InChI is InChI=1S/C20H17BrClNO4/c1-11-7-12(21)8-16(19(11)26-2)20(25)23-13-3-5-15(17(22)9-13)18-6-4-14(10-24)27-18/h3-9,24H,10H2,1-2H3,(H,23,25). The van der Waals surface area contributed by atoms with Crippen LogP contribution in [-0.2, 0) is 6.61 Å². The summed E-state index contributed by atoms with van der Waals surface area (Å²) in [6.45, 7) is 1.69. The van der Waals surface area contributed by atoms with Gasteiger partial charge < -0.3 is 19.6 Å². The van der Waals surface area contributed by atoms with Gasteiger partial charge in [-0.15, -0.1) is 0 Å². The number of carbonyl (C=O) groups is 1. The van der Waals surface area contributed by atoms with Crippen LogP contribution in [0.1, 0.15) is 21.7 Å². The molecular weight excluding hydrogens is 434 g/mol. The SMILES string of the molecule is COc1c(C)cc(Br)cc1C(=O)Nc1ccc(-c2ccc(CO)o2)c(Cl)c1. The molecule has 0 saturated heterocycles. The lowest BCUT2D eigenvalue weighted by Gasteiger charge is -2.13. The molecule has 3 rings (SSSR count). The minimum atomic E-state index is -0.305. The molecule has 0 aliphatic rings. The summed E-state index contributed by atoms with van der Waals surface area (Å²) in [4.78, 5) is 12.7. The van der Waals surface area contributed by atoms with Crippen LogP contribution in [0.25, 0.3) is 11.3 Å². The fourth-order valence-corrected chi connectivity index (χ4v) is 3.61. The van der Waals surface area contributed by atoms with Gasteiger partial charge >= 0.3 is 0 Å². The Labute approximate surface area is 170 Å². The van der Waals surface area contributed by atoms with Crippen molar-refractivity contribution in [2.75, 3.05) is 12.4 Å². The van der Waals surface area contributed by atoms with Crippen LogP contribution in [-0.4, -0.2) is 18.1 Å². The van der Waals surface area contributed by atoms with Gasteiger partial charge in [-0.1, -0.05) is 27.5 Å². The second-order valence-electron chi connectivity index (χ2n) is 5.88. The molecule has 0 fully saturated rings. The van der Waals surface area contributed by atoms with Crippen LogP contribution >= 0.6 is 27.5 Å². The highest BCUT2D eigenvalue weighted by Gasteiger charge is 2.17. The number of hydrogen-bond donors (Lipinski definition) is 2. The molecule has 0 bridgehead atoms. The van der Waals surface area contributed by atoms with Crippen LogP contribution in [0, 0.1) is 6.92 Å². The number of methoxy groups -OCH3 is 1. The Kier molecular flexibility index (Phi) is 5.89. The molecule has 0 spiro atoms. The predicted molar refractivity (Wildman–Crippen MR) is 108 cm³/mol. The molecule has 0 aliphatic carbocycles. The fraction of sp³-hybridized carbons (Fsp3) is 0.150. The number of aryl methyl sites for hydroxylation is 1. The van der Waals surface area contributed by atoms with Gasteiger partial charge in [0.05, 0.1) is 17.7 Å². The molecule has 1 amide bonds. The van der Waals surface area contributed by atoms with Crippen LogP contribution < -0.4 is 10.1 Å². The number of nitrogens with one attached hydrogen (secondary N) is 1. The second-order valence-corrected chi connectivity index (χ2v) is 7.20. The minimum absolute atomic E-state index is 0.181. The van der Waals surface area contributed by atoms with Crippen molar-refractivity contribution in [2.24, 2.45) is 0 Å². The van der Waals surface area contributed by atoms with Crippen molar-refractivity contribution in [1.82, 2.24) is 0 Å². The summed E-state index contributed by atoms with van der Waals surface area (Å²) in [6, 6.07) is 12.1. The first-order chi connectivity index (χ1) is 12.9. The highest BCUT2D eigenvalue weighted by molar-refractivity contribution is 9.10. The van der Waals surface area contributed by atoms with Crippen LogP contribution in [0.2, 0.25) is 5.02 Å². The first-order valence-corrected chi connectivity index (χ1v) is 9.25. The van der Waals surface area contributed by atoms with Crippen molar-refractivity contribution in [1.29, 1.82) is 0 Å². The van der Waals surface area contributed by atoms with E-state index in [0.29, 0.717) is 39.1 Å². The van der Waals surface area contributed by atoms with E-state index in [4.69, 9.17) is 25.9 Å². The molecule has 1 heterocycles. The third-order valence-electron chi connectivity index (χ3n) is 4.00. The van der Waals surface area contributed by atoms with Gasteiger partial charge in [-0.25, -0.2) is 0 Å². The molecule has 5 nitrogen and oxygen atoms in total. The quantitative estimate of drug-likeness (QED) is 0.544. The van der Waals surface area contributed by atoms with Crippen LogP contribution in [0.3, 0.4) is 0 Å². The average molecular weight is 451 g/mol. The zero-order valence-electron chi connectivity index (χ0n) is 14.7. The number of aliphatic hydroxyl groups is 1. The molecule has 0 unspecified atom stereocenters. The molecule has 0 aliphatic heterocycles. The summed E-state index contributed by atoms with van der Waals surface area (Å²) in [5, 5.41) is 12.4. The maximum absolute atomic E-state index is 12.7. The van der Waals surface area contributed by atoms with Gasteiger partial charge in [0.25, 0.3) is 5.91 Å². The number of amides is 1. The van der Waals surface area contributed by atoms with E-state index < -0.39 is 0 Å². The number of hydrogen-bond acceptors (Lipinski definition) is 4. The Morgan fingerprint density at radius 2 is 2.04 bits per heavy atom. The monoisotopic (exact) mass is 449 g/mol. The predicted octanol–water partition coefficient (Wildman–Crippen LogP) is 5.42. The number of furan rings is 1. The minimum Gasteiger partial charge on any atom is -0.496 e. The van der Waals surface area contributed by atoms with Crippen molar-refractivity contribution in [3.8, 4) is 17.1 Å². The highest BCUT2D eigenvalue weighted by Crippen LogP contribution is 2.33. The Bertz CT molecular complexity index is 1000. The molecule has 2 aromatic carbocycles. The van der Waals surface area contributed by atoms with Crippen molar-refractivity contribution < 1.29 is 19.1 Å². The molecule has 7 heteroatoms. The molecule has 140 valence electrons. The lowest BCUT2D eigenvalue weighted by atomic mass is 10.1. The van der Waals surface area contributed by atoms with Gasteiger partial charge in [0.1, 0.15) is 23.9 Å². The summed E-state index contributed by atoms with van der Waals surface area (Å²) >= 11 is 9.75. The van der Waals surface area contributed by atoms with Gasteiger partial charge in [0.15, 0.2) is 0 Å². The third-order valence-corrected chi connectivity index (χ3v) is 4.77. The van der Waals surface area contributed by atoms with Gasteiger partial charge in [0, 0.05) is 15.7 Å². The number of carbonyl (C=O) groups excluding carboxylic acids is 1. The first kappa shape index (κ1) is 19.5. The zero-order chi connectivity index (χ0) is 19.6. The Morgan fingerprint density at radius 3 is 2.67 bits per heavy atom.